The Labute approximate surface area is 145 Å². The van der Waals surface area contributed by atoms with Gasteiger partial charge in [0, 0.05) is 25.0 Å². The maximum absolute atomic E-state index is 12.8. The normalized spacial score (nSPS) is 11.2. The van der Waals surface area contributed by atoms with Crippen LogP contribution in [0.4, 0.5) is 11.5 Å². The summed E-state index contributed by atoms with van der Waals surface area (Å²) in [5.41, 5.74) is 8.85. The number of nitrogens with zero attached hydrogens (tertiary/aromatic N) is 3. The van der Waals surface area contributed by atoms with Gasteiger partial charge in [0.2, 0.25) is 0 Å². The lowest BCUT2D eigenvalue weighted by molar-refractivity contribution is 0.102. The Morgan fingerprint density at radius 1 is 1.28 bits per heavy atom. The van der Waals surface area contributed by atoms with E-state index in [1.165, 1.54) is 6.33 Å². The third kappa shape index (κ3) is 3.32. The number of methoxy groups -OCH3 is 1. The Morgan fingerprint density at radius 2 is 2.00 bits per heavy atom. The van der Waals surface area contributed by atoms with Crippen LogP contribution in [0.3, 0.4) is 0 Å². The van der Waals surface area contributed by atoms with Crippen molar-refractivity contribution in [3.05, 3.63) is 47.9 Å². The van der Waals surface area contributed by atoms with Crippen molar-refractivity contribution in [2.75, 3.05) is 18.2 Å². The predicted molar refractivity (Wildman–Crippen MR) is 97.4 cm³/mol. The Kier molecular flexibility index (Phi) is 4.67. The summed E-state index contributed by atoms with van der Waals surface area (Å²) < 4.78 is 7.01. The molecule has 1 aromatic carbocycles. The molecule has 25 heavy (non-hydrogen) atoms. The highest BCUT2D eigenvalue weighted by Gasteiger charge is 2.20. The molecule has 0 bridgehead atoms. The van der Waals surface area contributed by atoms with E-state index in [4.69, 9.17) is 10.5 Å². The van der Waals surface area contributed by atoms with Gasteiger partial charge in [-0.15, -0.1) is 0 Å². The molecule has 0 fully saturated rings. The lowest BCUT2D eigenvalue weighted by atomic mass is 10.2. The SMILES string of the molecule is COCc1ccc(NC(=O)c2cn(C(C)C)c3ncnc(N)c23)cc1. The number of nitrogens with one attached hydrogen (secondary N) is 1. The largest absolute Gasteiger partial charge is 0.383 e. The first-order chi connectivity index (χ1) is 12.0. The number of carbonyl (C=O) groups excluding carboxylic acids is 1. The first kappa shape index (κ1) is 16.9. The van der Waals surface area contributed by atoms with E-state index in [9.17, 15) is 4.79 Å². The average molecular weight is 339 g/mol. The Hall–Kier alpha value is -2.93. The van der Waals surface area contributed by atoms with Gasteiger partial charge < -0.3 is 20.4 Å². The van der Waals surface area contributed by atoms with Crippen LogP contribution < -0.4 is 11.1 Å². The summed E-state index contributed by atoms with van der Waals surface area (Å²) >= 11 is 0. The van der Waals surface area contributed by atoms with Crippen molar-refractivity contribution in [3.63, 3.8) is 0 Å². The van der Waals surface area contributed by atoms with Crippen LogP contribution in [-0.2, 0) is 11.3 Å². The van der Waals surface area contributed by atoms with Gasteiger partial charge in [-0.25, -0.2) is 9.97 Å². The number of hydrogen-bond acceptors (Lipinski definition) is 5. The smallest absolute Gasteiger partial charge is 0.258 e. The standard InChI is InChI=1S/C18H21N5O2/c1-11(2)23-8-14(15-16(19)20-10-21-17(15)23)18(24)22-13-6-4-12(5-7-13)9-25-3/h4-8,10-11H,9H2,1-3H3,(H,22,24)(H2,19,20,21). The molecule has 0 aliphatic heterocycles. The van der Waals surface area contributed by atoms with Gasteiger partial charge in [-0.1, -0.05) is 12.1 Å². The number of amides is 1. The Balaban J connectivity index is 1.94. The molecule has 7 heteroatoms. The second kappa shape index (κ2) is 6.90. The van der Waals surface area contributed by atoms with Gasteiger partial charge in [-0.2, -0.15) is 0 Å². The molecule has 2 aromatic heterocycles. The zero-order chi connectivity index (χ0) is 18.0. The van der Waals surface area contributed by atoms with Gasteiger partial charge in [0.1, 0.15) is 17.8 Å². The fourth-order valence-corrected chi connectivity index (χ4v) is 2.72. The minimum absolute atomic E-state index is 0.145. The zero-order valence-electron chi connectivity index (χ0n) is 14.5. The van der Waals surface area contributed by atoms with Crippen molar-refractivity contribution >= 4 is 28.4 Å². The number of aromatic nitrogens is 3. The van der Waals surface area contributed by atoms with E-state index in [1.807, 2.05) is 42.7 Å². The molecule has 0 saturated heterocycles. The van der Waals surface area contributed by atoms with Gasteiger partial charge in [0.25, 0.3) is 5.91 Å². The first-order valence-corrected chi connectivity index (χ1v) is 8.01. The van der Waals surface area contributed by atoms with Crippen molar-refractivity contribution < 1.29 is 9.53 Å². The van der Waals surface area contributed by atoms with Crippen molar-refractivity contribution in [2.45, 2.75) is 26.5 Å². The molecule has 0 unspecified atom stereocenters. The van der Waals surface area contributed by atoms with Crippen LogP contribution in [0, 0.1) is 0 Å². The molecular weight excluding hydrogens is 318 g/mol. The van der Waals surface area contributed by atoms with Crippen molar-refractivity contribution in [3.8, 4) is 0 Å². The van der Waals surface area contributed by atoms with E-state index in [-0.39, 0.29) is 11.9 Å². The van der Waals surface area contributed by atoms with Crippen LogP contribution >= 0.6 is 0 Å². The molecule has 3 N–H and O–H groups in total. The van der Waals surface area contributed by atoms with Crippen LogP contribution in [0.15, 0.2) is 36.8 Å². The van der Waals surface area contributed by atoms with Crippen LogP contribution in [0.5, 0.6) is 0 Å². The Bertz CT molecular complexity index is 900. The topological polar surface area (TPSA) is 95.1 Å². The predicted octanol–water partition coefficient (Wildman–Crippen LogP) is 2.99. The highest BCUT2D eigenvalue weighted by atomic mass is 16.5. The summed E-state index contributed by atoms with van der Waals surface area (Å²) in [6.07, 6.45) is 3.18. The van der Waals surface area contributed by atoms with Gasteiger partial charge in [-0.05, 0) is 31.5 Å². The number of carbonyl (C=O) groups is 1. The number of rotatable bonds is 5. The highest BCUT2D eigenvalue weighted by Crippen LogP contribution is 2.27. The van der Waals surface area contributed by atoms with Gasteiger partial charge in [0.15, 0.2) is 0 Å². The van der Waals surface area contributed by atoms with E-state index in [0.717, 1.165) is 5.56 Å². The van der Waals surface area contributed by atoms with Crippen molar-refractivity contribution in [1.82, 2.24) is 14.5 Å². The van der Waals surface area contributed by atoms with E-state index in [1.54, 1.807) is 13.3 Å². The summed E-state index contributed by atoms with van der Waals surface area (Å²) in [7, 11) is 1.65. The van der Waals surface area contributed by atoms with Crippen molar-refractivity contribution in [2.24, 2.45) is 0 Å². The second-order valence-electron chi connectivity index (χ2n) is 6.09. The summed E-state index contributed by atoms with van der Waals surface area (Å²) in [6.45, 7) is 4.58. The maximum atomic E-state index is 12.8. The molecular formula is C18H21N5O2. The highest BCUT2D eigenvalue weighted by molar-refractivity contribution is 6.14. The molecule has 0 atom stereocenters. The fraction of sp³-hybridized carbons (Fsp3) is 0.278. The van der Waals surface area contributed by atoms with E-state index >= 15 is 0 Å². The zero-order valence-corrected chi connectivity index (χ0v) is 14.5. The maximum Gasteiger partial charge on any atom is 0.258 e. The quantitative estimate of drug-likeness (QED) is 0.745. The molecule has 130 valence electrons. The van der Waals surface area contributed by atoms with Gasteiger partial charge >= 0.3 is 0 Å². The molecule has 2 heterocycles. The molecule has 0 radical (unpaired) electrons. The van der Waals surface area contributed by atoms with Crippen LogP contribution in [0.2, 0.25) is 0 Å². The monoisotopic (exact) mass is 339 g/mol. The number of fused-ring (bicyclic) bond motifs is 1. The van der Waals surface area contributed by atoms with E-state index < -0.39 is 0 Å². The fourth-order valence-electron chi connectivity index (χ4n) is 2.72. The summed E-state index contributed by atoms with van der Waals surface area (Å²) in [6, 6.07) is 7.65. The number of anilines is 2. The second-order valence-corrected chi connectivity index (χ2v) is 6.09. The molecule has 0 aliphatic rings. The molecule has 0 saturated carbocycles. The summed E-state index contributed by atoms with van der Waals surface area (Å²) in [4.78, 5) is 21.1. The van der Waals surface area contributed by atoms with Crippen LogP contribution in [-0.4, -0.2) is 27.6 Å². The third-order valence-corrected chi connectivity index (χ3v) is 3.96. The number of hydrogen-bond donors (Lipinski definition) is 2. The average Bonchev–Trinajstić information content (AvgIpc) is 2.98. The lowest BCUT2D eigenvalue weighted by Crippen LogP contribution is -2.12. The molecule has 0 spiro atoms. The molecule has 1 amide bonds. The van der Waals surface area contributed by atoms with Crippen LogP contribution in [0.1, 0.15) is 35.8 Å². The molecule has 3 rings (SSSR count). The minimum Gasteiger partial charge on any atom is -0.383 e. The summed E-state index contributed by atoms with van der Waals surface area (Å²) in [5.74, 6) is 0.0513. The van der Waals surface area contributed by atoms with Crippen LogP contribution in [0.25, 0.3) is 11.0 Å². The number of benzene rings is 1. The van der Waals surface area contributed by atoms with Crippen molar-refractivity contribution in [1.29, 1.82) is 0 Å². The first-order valence-electron chi connectivity index (χ1n) is 8.01. The molecule has 0 aliphatic carbocycles. The van der Waals surface area contributed by atoms with E-state index in [0.29, 0.717) is 34.7 Å². The number of nitrogen functional groups attached to an aromatic ring is 1. The van der Waals surface area contributed by atoms with Gasteiger partial charge in [0.05, 0.1) is 17.6 Å². The number of ether oxygens (including phenoxy) is 1. The third-order valence-electron chi connectivity index (χ3n) is 3.96. The number of nitrogens with two attached hydrogens (primary N) is 1. The molecule has 7 nitrogen and oxygen atoms in total. The lowest BCUT2D eigenvalue weighted by Gasteiger charge is -2.07. The van der Waals surface area contributed by atoms with E-state index in [2.05, 4.69) is 15.3 Å². The minimum atomic E-state index is -0.245. The summed E-state index contributed by atoms with van der Waals surface area (Å²) in [5, 5.41) is 3.47. The molecule has 3 aromatic rings. The Morgan fingerprint density at radius 3 is 2.64 bits per heavy atom. The van der Waals surface area contributed by atoms with Gasteiger partial charge in [-0.3, -0.25) is 4.79 Å².